The van der Waals surface area contributed by atoms with Gasteiger partial charge in [-0.25, -0.2) is 0 Å². The largest absolute Gasteiger partial charge is 0.456 e. The van der Waals surface area contributed by atoms with E-state index in [0.717, 1.165) is 199 Å². The molecular formula is C90H48N4O6. The number of para-hydroxylation sites is 6. The highest BCUT2D eigenvalue weighted by atomic mass is 16.4. The van der Waals surface area contributed by atoms with Gasteiger partial charge >= 0.3 is 0 Å². The monoisotopic (exact) mass is 1280 g/mol. The van der Waals surface area contributed by atoms with Crippen molar-refractivity contribution in [2.75, 3.05) is 4.90 Å². The van der Waals surface area contributed by atoms with Crippen LogP contribution in [0.4, 0.5) is 17.1 Å². The molecule has 0 aliphatic carbocycles. The Balaban J connectivity index is 0.668. The van der Waals surface area contributed by atoms with Gasteiger partial charge in [0.2, 0.25) is 0 Å². The first-order valence-electron chi connectivity index (χ1n) is 33.7. The molecule has 0 saturated carbocycles. The third-order valence-electron chi connectivity index (χ3n) is 21.4. The van der Waals surface area contributed by atoms with Crippen molar-refractivity contribution < 1.29 is 26.5 Å². The fourth-order valence-corrected chi connectivity index (χ4v) is 16.9. The van der Waals surface area contributed by atoms with Gasteiger partial charge < -0.3 is 45.1 Å². The predicted molar refractivity (Wildman–Crippen MR) is 408 cm³/mol. The summed E-state index contributed by atoms with van der Waals surface area (Å²) in [6, 6.07) is 103. The minimum absolute atomic E-state index is 0.767. The maximum atomic E-state index is 6.86. The molecule has 24 rings (SSSR count). The van der Waals surface area contributed by atoms with E-state index in [4.69, 9.17) is 26.5 Å². The van der Waals surface area contributed by atoms with Crippen molar-refractivity contribution in [3.8, 4) is 17.1 Å². The van der Waals surface area contributed by atoms with Gasteiger partial charge in [0, 0.05) is 131 Å². The lowest BCUT2D eigenvalue weighted by molar-refractivity contribution is 0.664. The van der Waals surface area contributed by atoms with E-state index in [2.05, 4.69) is 310 Å². The molecule has 0 unspecified atom stereocenters. The smallest absolute Gasteiger partial charge is 0.136 e. The van der Waals surface area contributed by atoms with Crippen molar-refractivity contribution in [2.24, 2.45) is 0 Å². The van der Waals surface area contributed by atoms with Gasteiger partial charge in [-0.05, 0) is 182 Å². The Kier molecular flexibility index (Phi) is 10.0. The van der Waals surface area contributed by atoms with Gasteiger partial charge in [-0.1, -0.05) is 109 Å². The molecule has 0 N–H and O–H groups in total. The van der Waals surface area contributed by atoms with Crippen LogP contribution in [0, 0.1) is 0 Å². The normalized spacial score (nSPS) is 12.6. The van der Waals surface area contributed by atoms with Gasteiger partial charge in [0.1, 0.15) is 67.0 Å². The topological polar surface area (TPSA) is 96.9 Å². The first-order chi connectivity index (χ1) is 49.5. The first-order valence-corrected chi connectivity index (χ1v) is 33.7. The summed E-state index contributed by atoms with van der Waals surface area (Å²) in [5, 5.41) is 19.0. The number of fused-ring (bicyclic) bond motifs is 27. The van der Waals surface area contributed by atoms with Gasteiger partial charge in [-0.15, -0.1) is 0 Å². The van der Waals surface area contributed by atoms with Crippen LogP contribution in [-0.4, -0.2) is 13.7 Å². The summed E-state index contributed by atoms with van der Waals surface area (Å²) in [6.45, 7) is 0. The Labute approximate surface area is 564 Å². The van der Waals surface area contributed by atoms with Gasteiger partial charge in [-0.2, -0.15) is 0 Å². The molecule has 15 aromatic carbocycles. The number of benzene rings is 15. The summed E-state index contributed by atoms with van der Waals surface area (Å²) in [7, 11) is 0. The summed E-state index contributed by atoms with van der Waals surface area (Å²) >= 11 is 0. The van der Waals surface area contributed by atoms with E-state index in [0.29, 0.717) is 0 Å². The molecule has 24 aromatic rings. The Morgan fingerprint density at radius 1 is 0.160 bits per heavy atom. The molecule has 9 heterocycles. The summed E-state index contributed by atoms with van der Waals surface area (Å²) in [4.78, 5) is 2.32. The highest BCUT2D eigenvalue weighted by molar-refractivity contribution is 6.21. The van der Waals surface area contributed by atoms with Gasteiger partial charge in [0.05, 0.1) is 33.1 Å². The molecule has 0 aliphatic rings. The average Bonchev–Trinajstić information content (AvgIpc) is 1.58. The highest BCUT2D eigenvalue weighted by Crippen LogP contribution is 2.48. The molecule has 10 nitrogen and oxygen atoms in total. The lowest BCUT2D eigenvalue weighted by Crippen LogP contribution is -2.09. The van der Waals surface area contributed by atoms with Crippen LogP contribution in [0.15, 0.2) is 318 Å². The van der Waals surface area contributed by atoms with Crippen LogP contribution in [0.25, 0.3) is 214 Å². The summed E-state index contributed by atoms with van der Waals surface area (Å²) in [5.74, 6) is 0. The molecule has 0 aliphatic heterocycles. The predicted octanol–water partition coefficient (Wildman–Crippen LogP) is 25.8. The second kappa shape index (κ2) is 19.1. The van der Waals surface area contributed by atoms with E-state index in [9.17, 15) is 0 Å². The highest BCUT2D eigenvalue weighted by Gasteiger charge is 2.25. The lowest BCUT2D eigenvalue weighted by atomic mass is 10.1. The molecule has 0 radical (unpaired) electrons. The Morgan fingerprint density at radius 3 is 0.580 bits per heavy atom. The molecule has 0 atom stereocenters. The van der Waals surface area contributed by atoms with Crippen LogP contribution in [0.2, 0.25) is 0 Å². The van der Waals surface area contributed by atoms with Crippen molar-refractivity contribution in [2.45, 2.75) is 0 Å². The fourth-order valence-electron chi connectivity index (χ4n) is 16.9. The first kappa shape index (κ1) is 52.6. The van der Waals surface area contributed by atoms with E-state index in [-0.39, 0.29) is 0 Å². The van der Waals surface area contributed by atoms with Crippen LogP contribution in [0.5, 0.6) is 0 Å². The van der Waals surface area contributed by atoms with Crippen molar-refractivity contribution in [1.29, 1.82) is 0 Å². The summed E-state index contributed by atoms with van der Waals surface area (Å²) in [5.41, 5.74) is 22.3. The zero-order valence-electron chi connectivity index (χ0n) is 53.0. The zero-order chi connectivity index (χ0) is 64.7. The number of nitrogens with zero attached hydrogens (tertiary/aromatic N) is 4. The van der Waals surface area contributed by atoms with Crippen molar-refractivity contribution in [1.82, 2.24) is 13.7 Å². The van der Waals surface area contributed by atoms with Crippen molar-refractivity contribution in [3.05, 3.63) is 291 Å². The lowest BCUT2D eigenvalue weighted by Gasteiger charge is -2.25. The molecule has 10 heteroatoms. The Hall–Kier alpha value is -13.7. The number of anilines is 3. The number of hydrogen-bond acceptors (Lipinski definition) is 7. The molecule has 464 valence electrons. The minimum atomic E-state index is 0.767. The third-order valence-corrected chi connectivity index (χ3v) is 21.4. The molecule has 0 saturated heterocycles. The maximum absolute atomic E-state index is 6.86. The number of aromatic nitrogens is 3. The third kappa shape index (κ3) is 7.14. The van der Waals surface area contributed by atoms with Gasteiger partial charge in [-0.3, -0.25) is 0 Å². The summed E-state index contributed by atoms with van der Waals surface area (Å²) < 4.78 is 47.9. The van der Waals surface area contributed by atoms with Gasteiger partial charge in [0.25, 0.3) is 0 Å². The molecule has 0 bridgehead atoms. The van der Waals surface area contributed by atoms with Crippen LogP contribution in [0.3, 0.4) is 0 Å². The van der Waals surface area contributed by atoms with Crippen molar-refractivity contribution in [3.63, 3.8) is 0 Å². The molecule has 0 spiro atoms. The molecule has 0 amide bonds. The summed E-state index contributed by atoms with van der Waals surface area (Å²) in [6.07, 6.45) is 0. The van der Waals surface area contributed by atoms with Crippen LogP contribution in [-0.2, 0) is 0 Å². The molecule has 100 heavy (non-hydrogen) atoms. The second-order valence-electron chi connectivity index (χ2n) is 26.7. The quantitative estimate of drug-likeness (QED) is 0.164. The number of rotatable bonds is 6. The van der Waals surface area contributed by atoms with Crippen LogP contribution in [0.1, 0.15) is 0 Å². The second-order valence-corrected chi connectivity index (χ2v) is 26.7. The SMILES string of the molecule is c1ccc2c(c1)c1ccccc1n2-c1ccc2oc3cc4c(cc3c2c1)oc1ccc(N(c2ccc3oc5cc6c(cc5c3c2)oc2ccc(-n3c5ccccc5c5ccccc53)cc26)c2ccc3oc5cc6c(cc5c3c2)oc2ccc(-n3c5ccccc5c5ccccc53)cc26)cc14. The van der Waals surface area contributed by atoms with E-state index in [1.54, 1.807) is 0 Å². The molecular weight excluding hydrogens is 1230 g/mol. The molecule has 9 aromatic heterocycles. The van der Waals surface area contributed by atoms with Crippen LogP contribution < -0.4 is 4.90 Å². The van der Waals surface area contributed by atoms with E-state index < -0.39 is 0 Å². The van der Waals surface area contributed by atoms with Gasteiger partial charge in [0.15, 0.2) is 0 Å². The Morgan fingerprint density at radius 2 is 0.350 bits per heavy atom. The number of hydrogen-bond donors (Lipinski definition) is 0. The number of furan rings is 6. The van der Waals surface area contributed by atoms with Crippen molar-refractivity contribution >= 4 is 214 Å². The standard InChI is InChI=1S/C90H48N4O6/c1-7-19-73-55(13-1)56-14-2-8-20-74(56)92(73)52-28-34-82-64(40-52)70-46-85-67(43-88(70)98-82)61-37-49(25-31-79(61)95-85)91(50-26-32-80-62(38-50)68-44-89-71(47-86(68)96-80)65-41-53(29-35-83(65)99-89)93-75-21-9-3-15-57(75)58-16-4-10-22-76(58)93)51-27-33-81-63(39-51)69-45-90-72(48-87(69)97-81)66-42-54(30-36-84(66)100-90)94-77-23-11-5-17-59(77)60-18-6-12-24-78(60)94/h1-48H. The van der Waals surface area contributed by atoms with Crippen LogP contribution >= 0.6 is 0 Å². The average molecular weight is 1280 g/mol. The fraction of sp³-hybridized carbons (Fsp3) is 0. The maximum Gasteiger partial charge on any atom is 0.136 e. The minimum Gasteiger partial charge on any atom is -0.456 e. The van der Waals surface area contributed by atoms with E-state index in [1.165, 1.54) is 32.3 Å². The van der Waals surface area contributed by atoms with E-state index >= 15 is 0 Å². The van der Waals surface area contributed by atoms with E-state index in [1.807, 2.05) is 0 Å². The molecule has 0 fully saturated rings. The zero-order valence-corrected chi connectivity index (χ0v) is 53.0. The Bertz CT molecular complexity index is 6880.